The maximum atomic E-state index is 13.4. The summed E-state index contributed by atoms with van der Waals surface area (Å²) in [6.07, 6.45) is -3.91. The Hall–Kier alpha value is -2.86. The first-order chi connectivity index (χ1) is 16.7. The molecule has 0 aliphatic carbocycles. The molecule has 2 amide bonds. The molecule has 0 aliphatic heterocycles. The number of hydrogen-bond donors (Lipinski definition) is 1. The van der Waals surface area contributed by atoms with E-state index >= 15 is 0 Å². The van der Waals surface area contributed by atoms with Gasteiger partial charge in [0.15, 0.2) is 0 Å². The van der Waals surface area contributed by atoms with Crippen LogP contribution in [0.1, 0.15) is 31.4 Å². The first kappa shape index (κ1) is 29.4. The summed E-state index contributed by atoms with van der Waals surface area (Å²) in [7, 11) is -4.29. The Bertz CT molecular complexity index is 1190. The van der Waals surface area contributed by atoms with E-state index < -0.39 is 57.7 Å². The fraction of sp³-hybridized carbons (Fsp3) is 0.391. The monoisotopic (exact) mass is 551 g/mol. The van der Waals surface area contributed by atoms with Crippen molar-refractivity contribution in [3.63, 3.8) is 0 Å². The van der Waals surface area contributed by atoms with Crippen LogP contribution in [0.4, 0.5) is 23.2 Å². The average molecular weight is 552 g/mol. The van der Waals surface area contributed by atoms with Gasteiger partial charge in [-0.3, -0.25) is 13.9 Å². The molecule has 0 aromatic heterocycles. The predicted octanol–water partition coefficient (Wildman–Crippen LogP) is 4.21. The lowest BCUT2D eigenvalue weighted by molar-refractivity contribution is -0.140. The van der Waals surface area contributed by atoms with Gasteiger partial charge in [0.1, 0.15) is 18.4 Å². The lowest BCUT2D eigenvalue weighted by atomic mass is 10.1. The summed E-state index contributed by atoms with van der Waals surface area (Å²) in [6, 6.07) is 6.23. The van der Waals surface area contributed by atoms with Gasteiger partial charge in [0.05, 0.1) is 22.5 Å². The normalized spacial score (nSPS) is 12.7. The maximum absolute atomic E-state index is 13.4. The molecule has 0 fully saturated rings. The number of benzene rings is 2. The zero-order valence-electron chi connectivity index (χ0n) is 19.8. The fourth-order valence-electron chi connectivity index (χ4n) is 3.47. The third kappa shape index (κ3) is 7.57. The van der Waals surface area contributed by atoms with Crippen LogP contribution in [0, 0.1) is 5.82 Å². The molecular formula is C23H26ClF4N3O4S. The molecule has 1 N–H and O–H groups in total. The molecule has 2 aromatic rings. The summed E-state index contributed by atoms with van der Waals surface area (Å²) in [5.41, 5.74) is -1.23. The highest BCUT2D eigenvalue weighted by Crippen LogP contribution is 2.36. The zero-order chi connectivity index (χ0) is 27.3. The Labute approximate surface area is 212 Å². The number of nitrogens with zero attached hydrogens (tertiary/aromatic N) is 2. The third-order valence-electron chi connectivity index (χ3n) is 5.22. The van der Waals surface area contributed by atoms with Gasteiger partial charge >= 0.3 is 6.18 Å². The van der Waals surface area contributed by atoms with Gasteiger partial charge in [-0.15, -0.1) is 0 Å². The highest BCUT2D eigenvalue weighted by molar-refractivity contribution is 7.92. The quantitative estimate of drug-likeness (QED) is 0.448. The Morgan fingerprint density at radius 2 is 1.69 bits per heavy atom. The van der Waals surface area contributed by atoms with E-state index in [1.165, 1.54) is 12.1 Å². The summed E-state index contributed by atoms with van der Waals surface area (Å²) in [5.74, 6) is -1.88. The number of anilines is 1. The molecule has 13 heteroatoms. The van der Waals surface area contributed by atoms with Crippen molar-refractivity contribution in [2.24, 2.45) is 0 Å². The summed E-state index contributed by atoms with van der Waals surface area (Å²) < 4.78 is 78.8. The molecule has 7 nitrogen and oxygen atoms in total. The largest absolute Gasteiger partial charge is 0.416 e. The van der Waals surface area contributed by atoms with Crippen molar-refractivity contribution in [2.75, 3.05) is 23.7 Å². The second kappa shape index (κ2) is 11.9. The zero-order valence-corrected chi connectivity index (χ0v) is 21.3. The SMILES string of the molecule is CCNC(=O)C(CC)N(Cc1ccc(F)cc1)C(=O)CN(c1cc(C(F)(F)F)ccc1Cl)S(C)(=O)=O. The molecule has 0 saturated carbocycles. The molecule has 0 bridgehead atoms. The van der Waals surface area contributed by atoms with Crippen molar-refractivity contribution < 1.29 is 35.6 Å². The van der Waals surface area contributed by atoms with Crippen molar-refractivity contribution in [1.29, 1.82) is 0 Å². The van der Waals surface area contributed by atoms with Crippen LogP contribution in [-0.4, -0.2) is 50.5 Å². The molecule has 0 aliphatic rings. The lowest BCUT2D eigenvalue weighted by Gasteiger charge is -2.33. The van der Waals surface area contributed by atoms with Crippen LogP contribution < -0.4 is 9.62 Å². The van der Waals surface area contributed by atoms with E-state index in [0.717, 1.165) is 29.4 Å². The van der Waals surface area contributed by atoms with E-state index in [4.69, 9.17) is 11.6 Å². The number of nitrogens with one attached hydrogen (secondary N) is 1. The summed E-state index contributed by atoms with van der Waals surface area (Å²) in [5, 5.41) is 2.29. The van der Waals surface area contributed by atoms with Crippen LogP contribution in [0.2, 0.25) is 5.02 Å². The van der Waals surface area contributed by atoms with Gasteiger partial charge in [0, 0.05) is 13.1 Å². The number of halogens is 5. The lowest BCUT2D eigenvalue weighted by Crippen LogP contribution is -2.52. The van der Waals surface area contributed by atoms with Crippen molar-refractivity contribution >= 4 is 39.1 Å². The van der Waals surface area contributed by atoms with Gasteiger partial charge in [-0.2, -0.15) is 13.2 Å². The first-order valence-electron chi connectivity index (χ1n) is 10.8. The van der Waals surface area contributed by atoms with Crippen LogP contribution in [0.5, 0.6) is 0 Å². The Balaban J connectivity index is 2.53. The van der Waals surface area contributed by atoms with E-state index in [2.05, 4.69) is 5.32 Å². The number of carbonyl (C=O) groups is 2. The molecule has 1 atom stereocenters. The van der Waals surface area contributed by atoms with Crippen molar-refractivity contribution in [3.8, 4) is 0 Å². The molecule has 0 heterocycles. The number of amides is 2. The number of hydrogen-bond acceptors (Lipinski definition) is 4. The highest BCUT2D eigenvalue weighted by atomic mass is 35.5. The molecule has 0 radical (unpaired) electrons. The summed E-state index contributed by atoms with van der Waals surface area (Å²) >= 11 is 6.04. The predicted molar refractivity (Wildman–Crippen MR) is 128 cm³/mol. The number of carbonyl (C=O) groups excluding carboxylic acids is 2. The van der Waals surface area contributed by atoms with Crippen molar-refractivity contribution in [3.05, 3.63) is 64.4 Å². The smallest absolute Gasteiger partial charge is 0.355 e. The Morgan fingerprint density at radius 1 is 1.08 bits per heavy atom. The highest BCUT2D eigenvalue weighted by Gasteiger charge is 2.35. The molecule has 0 saturated heterocycles. The average Bonchev–Trinajstić information content (AvgIpc) is 2.77. The van der Waals surface area contributed by atoms with E-state index in [-0.39, 0.29) is 24.5 Å². The molecule has 2 aromatic carbocycles. The van der Waals surface area contributed by atoms with E-state index in [0.29, 0.717) is 22.0 Å². The Kier molecular flexibility index (Phi) is 9.72. The van der Waals surface area contributed by atoms with E-state index in [9.17, 15) is 35.6 Å². The summed E-state index contributed by atoms with van der Waals surface area (Å²) in [4.78, 5) is 27.2. The minimum atomic E-state index is -4.79. The first-order valence-corrected chi connectivity index (χ1v) is 13.1. The summed E-state index contributed by atoms with van der Waals surface area (Å²) in [6.45, 7) is 2.49. The molecule has 2 rings (SSSR count). The second-order valence-corrected chi connectivity index (χ2v) is 10.2. The number of sulfonamides is 1. The minimum Gasteiger partial charge on any atom is -0.355 e. The van der Waals surface area contributed by atoms with Gasteiger partial charge < -0.3 is 10.2 Å². The number of alkyl halides is 3. The molecule has 36 heavy (non-hydrogen) atoms. The van der Waals surface area contributed by atoms with Crippen molar-refractivity contribution in [2.45, 2.75) is 39.0 Å². The van der Waals surface area contributed by atoms with Gasteiger partial charge in [0.25, 0.3) is 0 Å². The molecule has 198 valence electrons. The maximum Gasteiger partial charge on any atom is 0.416 e. The standard InChI is InChI=1S/C23H26ClF4N3O4S/c1-4-19(22(33)29-5-2)30(13-15-6-9-17(25)10-7-15)21(32)14-31(36(3,34)35)20-12-16(23(26,27)28)8-11-18(20)24/h6-12,19H,4-5,13-14H2,1-3H3,(H,29,33). The number of rotatable bonds is 10. The van der Waals surface area contributed by atoms with Gasteiger partial charge in [-0.05, 0) is 49.2 Å². The second-order valence-electron chi connectivity index (χ2n) is 7.90. The van der Waals surface area contributed by atoms with Crippen LogP contribution in [0.15, 0.2) is 42.5 Å². The molecule has 0 spiro atoms. The Morgan fingerprint density at radius 3 is 2.19 bits per heavy atom. The van der Waals surface area contributed by atoms with E-state index in [1.807, 2.05) is 0 Å². The third-order valence-corrected chi connectivity index (χ3v) is 6.67. The number of likely N-dealkylation sites (N-methyl/N-ethyl adjacent to an activating group) is 1. The minimum absolute atomic E-state index is 0.155. The molecular weight excluding hydrogens is 526 g/mol. The fourth-order valence-corrected chi connectivity index (χ4v) is 4.60. The van der Waals surface area contributed by atoms with Crippen LogP contribution in [-0.2, 0) is 32.3 Å². The van der Waals surface area contributed by atoms with E-state index in [1.54, 1.807) is 13.8 Å². The topological polar surface area (TPSA) is 86.8 Å². The van der Waals surface area contributed by atoms with Gasteiger partial charge in [0.2, 0.25) is 21.8 Å². The molecule has 1 unspecified atom stereocenters. The van der Waals surface area contributed by atoms with Crippen LogP contribution in [0.25, 0.3) is 0 Å². The van der Waals surface area contributed by atoms with Crippen LogP contribution >= 0.6 is 11.6 Å². The van der Waals surface area contributed by atoms with Gasteiger partial charge in [-0.1, -0.05) is 30.7 Å². The van der Waals surface area contributed by atoms with Crippen LogP contribution in [0.3, 0.4) is 0 Å². The van der Waals surface area contributed by atoms with Crippen molar-refractivity contribution in [1.82, 2.24) is 10.2 Å². The van der Waals surface area contributed by atoms with Gasteiger partial charge in [-0.25, -0.2) is 12.8 Å².